The molecule has 0 bridgehead atoms. The minimum atomic E-state index is -0.152. The summed E-state index contributed by atoms with van der Waals surface area (Å²) in [6.45, 7) is 9.11. The number of carbonyl (C=O) groups is 1. The molecule has 0 saturated carbocycles. The van der Waals surface area contributed by atoms with Gasteiger partial charge in [-0.05, 0) is 17.4 Å². The molecular formula is C18H26N4OS. The van der Waals surface area contributed by atoms with Gasteiger partial charge < -0.3 is 4.90 Å². The Hall–Kier alpha value is -1.95. The molecule has 24 heavy (non-hydrogen) atoms. The average Bonchev–Trinajstić information content (AvgIpc) is 2.95. The fourth-order valence-corrected chi connectivity index (χ4v) is 3.58. The second-order valence-electron chi connectivity index (χ2n) is 7.16. The Bertz CT molecular complexity index is 663. The largest absolute Gasteiger partial charge is 0.327 e. The summed E-state index contributed by atoms with van der Waals surface area (Å²) in [4.78, 5) is 13.9. The van der Waals surface area contributed by atoms with Crippen molar-refractivity contribution in [2.24, 2.45) is 5.41 Å². The highest BCUT2D eigenvalue weighted by Gasteiger charge is 2.21. The third-order valence-electron chi connectivity index (χ3n) is 3.62. The van der Waals surface area contributed by atoms with Crippen molar-refractivity contribution in [1.82, 2.24) is 15.1 Å². The van der Waals surface area contributed by atoms with Gasteiger partial charge >= 0.3 is 6.03 Å². The zero-order chi connectivity index (χ0) is 17.7. The first-order valence-electron chi connectivity index (χ1n) is 8.20. The molecule has 0 aliphatic heterocycles. The van der Waals surface area contributed by atoms with Crippen LogP contribution in [0.2, 0.25) is 0 Å². The molecule has 130 valence electrons. The summed E-state index contributed by atoms with van der Waals surface area (Å²) in [5.41, 5.74) is 1.28. The molecule has 1 N–H and O–H groups in total. The Labute approximate surface area is 148 Å². The van der Waals surface area contributed by atoms with Crippen LogP contribution in [0, 0.1) is 5.41 Å². The normalized spacial score (nSPS) is 12.7. The molecule has 5 nitrogen and oxygen atoms in total. The highest BCUT2D eigenvalue weighted by atomic mass is 32.1. The maximum atomic E-state index is 12.3. The fraction of sp³-hybridized carbons (Fsp3) is 0.500. The molecule has 0 aliphatic rings. The van der Waals surface area contributed by atoms with E-state index in [1.165, 1.54) is 16.9 Å². The monoisotopic (exact) mass is 346 g/mol. The van der Waals surface area contributed by atoms with E-state index in [1.54, 1.807) is 11.9 Å². The van der Waals surface area contributed by atoms with Gasteiger partial charge in [0.05, 0.1) is 0 Å². The fourth-order valence-electron chi connectivity index (χ4n) is 2.63. The number of nitrogens with one attached hydrogen (secondary N) is 1. The van der Waals surface area contributed by atoms with Gasteiger partial charge in [0.2, 0.25) is 5.13 Å². The van der Waals surface area contributed by atoms with Crippen molar-refractivity contribution in [3.05, 3.63) is 40.9 Å². The molecule has 0 aliphatic carbocycles. The van der Waals surface area contributed by atoms with Crippen LogP contribution in [0.5, 0.6) is 0 Å². The first kappa shape index (κ1) is 18.4. The van der Waals surface area contributed by atoms with E-state index in [0.29, 0.717) is 11.7 Å². The molecule has 1 unspecified atom stereocenters. The minimum absolute atomic E-state index is 0.0546. The summed E-state index contributed by atoms with van der Waals surface area (Å²) in [6.07, 6.45) is 0.941. The number of rotatable bonds is 5. The van der Waals surface area contributed by atoms with E-state index >= 15 is 0 Å². The van der Waals surface area contributed by atoms with Gasteiger partial charge in [-0.15, -0.1) is 10.2 Å². The number of urea groups is 1. The van der Waals surface area contributed by atoms with Crippen LogP contribution in [0.3, 0.4) is 0 Å². The third-order valence-corrected chi connectivity index (χ3v) is 4.57. The van der Waals surface area contributed by atoms with E-state index in [2.05, 4.69) is 55.3 Å². The molecule has 0 fully saturated rings. The summed E-state index contributed by atoms with van der Waals surface area (Å²) >= 11 is 1.44. The molecule has 2 rings (SSSR count). The van der Waals surface area contributed by atoms with Gasteiger partial charge in [-0.3, -0.25) is 5.32 Å². The van der Waals surface area contributed by atoms with Gasteiger partial charge in [-0.2, -0.15) is 0 Å². The highest BCUT2D eigenvalue weighted by molar-refractivity contribution is 7.15. The van der Waals surface area contributed by atoms with Crippen LogP contribution in [0.4, 0.5) is 9.93 Å². The number of aromatic nitrogens is 2. The van der Waals surface area contributed by atoms with Crippen LogP contribution < -0.4 is 5.32 Å². The van der Waals surface area contributed by atoms with Crippen LogP contribution in [0.25, 0.3) is 0 Å². The Morgan fingerprint density at radius 2 is 1.92 bits per heavy atom. The number of hydrogen-bond donors (Lipinski definition) is 1. The molecule has 0 radical (unpaired) electrons. The quantitative estimate of drug-likeness (QED) is 0.861. The van der Waals surface area contributed by atoms with Crippen molar-refractivity contribution >= 4 is 22.5 Å². The molecule has 0 spiro atoms. The maximum absolute atomic E-state index is 12.3. The van der Waals surface area contributed by atoms with Gasteiger partial charge in [0.25, 0.3) is 0 Å². The first-order valence-corrected chi connectivity index (χ1v) is 9.02. The molecule has 2 aromatic rings. The second-order valence-corrected chi connectivity index (χ2v) is 8.17. The molecule has 1 heterocycles. The predicted octanol–water partition coefficient (Wildman–Crippen LogP) is 4.59. The van der Waals surface area contributed by atoms with Crippen molar-refractivity contribution in [2.75, 3.05) is 18.9 Å². The van der Waals surface area contributed by atoms with Crippen molar-refractivity contribution in [2.45, 2.75) is 40.0 Å². The van der Waals surface area contributed by atoms with E-state index in [9.17, 15) is 4.79 Å². The van der Waals surface area contributed by atoms with Crippen LogP contribution in [0.15, 0.2) is 30.3 Å². The van der Waals surface area contributed by atoms with Gasteiger partial charge in [0, 0.05) is 19.5 Å². The standard InChI is InChI=1S/C18H26N4OS/c1-6-14(13-10-8-7-9-11-13)15-20-21-16(24-15)19-17(23)22(5)12-18(2,3)4/h7-11,14H,6,12H2,1-5H3,(H,19,21,23). The minimum Gasteiger partial charge on any atom is -0.327 e. The smallest absolute Gasteiger partial charge is 0.323 e. The average molecular weight is 347 g/mol. The van der Waals surface area contributed by atoms with Crippen LogP contribution >= 0.6 is 11.3 Å². The maximum Gasteiger partial charge on any atom is 0.323 e. The number of hydrogen-bond acceptors (Lipinski definition) is 4. The molecule has 1 aromatic heterocycles. The van der Waals surface area contributed by atoms with Crippen molar-refractivity contribution in [3.63, 3.8) is 0 Å². The Morgan fingerprint density at radius 1 is 1.25 bits per heavy atom. The van der Waals surface area contributed by atoms with Crippen molar-refractivity contribution in [1.29, 1.82) is 0 Å². The number of benzene rings is 1. The lowest BCUT2D eigenvalue weighted by Gasteiger charge is -2.26. The van der Waals surface area contributed by atoms with E-state index in [1.807, 2.05) is 18.2 Å². The topological polar surface area (TPSA) is 58.1 Å². The molecular weight excluding hydrogens is 320 g/mol. The van der Waals surface area contributed by atoms with Gasteiger partial charge in [0.1, 0.15) is 5.01 Å². The van der Waals surface area contributed by atoms with Crippen LogP contribution in [0.1, 0.15) is 50.6 Å². The predicted molar refractivity (Wildman–Crippen MR) is 99.6 cm³/mol. The summed E-state index contributed by atoms with van der Waals surface area (Å²) in [7, 11) is 1.79. The molecule has 6 heteroatoms. The Balaban J connectivity index is 2.06. The summed E-state index contributed by atoms with van der Waals surface area (Å²) in [5, 5.41) is 12.7. The number of carbonyl (C=O) groups excluding carboxylic acids is 1. The second kappa shape index (κ2) is 7.75. The lowest BCUT2D eigenvalue weighted by molar-refractivity contribution is 0.201. The lowest BCUT2D eigenvalue weighted by atomic mass is 9.96. The molecule has 1 aromatic carbocycles. The lowest BCUT2D eigenvalue weighted by Crippen LogP contribution is -2.37. The molecule has 2 amide bonds. The summed E-state index contributed by atoms with van der Waals surface area (Å²) in [6, 6.07) is 10.1. The Morgan fingerprint density at radius 3 is 2.50 bits per heavy atom. The zero-order valence-corrected chi connectivity index (χ0v) is 15.9. The van der Waals surface area contributed by atoms with Crippen LogP contribution in [-0.4, -0.2) is 34.7 Å². The highest BCUT2D eigenvalue weighted by Crippen LogP contribution is 2.31. The van der Waals surface area contributed by atoms with Gasteiger partial charge in [0.15, 0.2) is 0 Å². The SMILES string of the molecule is CCC(c1ccccc1)c1nnc(NC(=O)N(C)CC(C)(C)C)s1. The summed E-state index contributed by atoms with van der Waals surface area (Å²) in [5.74, 6) is 0.210. The van der Waals surface area contributed by atoms with E-state index < -0.39 is 0 Å². The number of amides is 2. The van der Waals surface area contributed by atoms with E-state index in [4.69, 9.17) is 0 Å². The molecule has 1 atom stereocenters. The number of anilines is 1. The van der Waals surface area contributed by atoms with E-state index in [-0.39, 0.29) is 17.4 Å². The van der Waals surface area contributed by atoms with Crippen molar-refractivity contribution in [3.8, 4) is 0 Å². The van der Waals surface area contributed by atoms with Crippen molar-refractivity contribution < 1.29 is 4.79 Å². The molecule has 0 saturated heterocycles. The zero-order valence-electron chi connectivity index (χ0n) is 15.0. The third kappa shape index (κ3) is 5.03. The Kier molecular flexibility index (Phi) is 5.94. The van der Waals surface area contributed by atoms with Gasteiger partial charge in [-0.1, -0.05) is 69.4 Å². The first-order chi connectivity index (χ1) is 11.3. The van der Waals surface area contributed by atoms with Gasteiger partial charge in [-0.25, -0.2) is 4.79 Å². The van der Waals surface area contributed by atoms with Crippen LogP contribution in [-0.2, 0) is 0 Å². The number of nitrogens with zero attached hydrogens (tertiary/aromatic N) is 3. The summed E-state index contributed by atoms with van der Waals surface area (Å²) < 4.78 is 0. The van der Waals surface area contributed by atoms with E-state index in [0.717, 1.165) is 11.4 Å².